The van der Waals surface area contributed by atoms with Gasteiger partial charge >= 0.3 is 0 Å². The fraction of sp³-hybridized carbons (Fsp3) is 0.846. The van der Waals surface area contributed by atoms with E-state index in [-0.39, 0.29) is 17.3 Å². The topological polar surface area (TPSA) is 97.4 Å². The van der Waals surface area contributed by atoms with Crippen molar-refractivity contribution >= 4 is 11.7 Å². The van der Waals surface area contributed by atoms with E-state index < -0.39 is 0 Å². The van der Waals surface area contributed by atoms with Crippen LogP contribution in [0.3, 0.4) is 0 Å². The third-order valence-electron chi connectivity index (χ3n) is 3.86. The summed E-state index contributed by atoms with van der Waals surface area (Å²) in [6.07, 6.45) is 3.67. The zero-order valence-electron chi connectivity index (χ0n) is 12.3. The maximum atomic E-state index is 12.4. The first-order valence-corrected chi connectivity index (χ1v) is 6.85. The molecule has 0 aliphatic heterocycles. The van der Waals surface area contributed by atoms with Gasteiger partial charge in [-0.15, -0.1) is 0 Å². The Morgan fingerprint density at radius 2 is 2.10 bits per heavy atom. The second-order valence-corrected chi connectivity index (χ2v) is 5.13. The van der Waals surface area contributed by atoms with Crippen LogP contribution in [0.25, 0.3) is 0 Å². The highest BCUT2D eigenvalue weighted by Gasteiger charge is 2.39. The number of rotatable bonds is 9. The van der Waals surface area contributed by atoms with Gasteiger partial charge in [0.05, 0.1) is 18.6 Å². The Balaban J connectivity index is 2.54. The highest BCUT2D eigenvalue weighted by molar-refractivity contribution is 5.81. The number of hydrogen-bond donors (Lipinski definition) is 2. The number of amidine groups is 1. The Morgan fingerprint density at radius 1 is 1.40 bits per heavy atom. The largest absolute Gasteiger partial charge is 0.409 e. The molecule has 20 heavy (non-hydrogen) atoms. The molecule has 0 aromatic carbocycles. The summed E-state index contributed by atoms with van der Waals surface area (Å²) < 4.78 is 10.5. The number of carbonyl (C=O) groups excluding carboxylic acids is 1. The van der Waals surface area contributed by atoms with Crippen molar-refractivity contribution in [3.8, 4) is 0 Å². The summed E-state index contributed by atoms with van der Waals surface area (Å²) in [5.74, 6) is 0.139. The summed E-state index contributed by atoms with van der Waals surface area (Å²) in [6.45, 7) is 1.37. The number of amides is 1. The average Bonchev–Trinajstić information content (AvgIpc) is 2.42. The van der Waals surface area contributed by atoms with Gasteiger partial charge in [-0.2, -0.15) is 0 Å². The number of nitrogens with two attached hydrogens (primary N) is 1. The summed E-state index contributed by atoms with van der Waals surface area (Å²) in [4.78, 5) is 14.0. The summed E-state index contributed by atoms with van der Waals surface area (Å²) >= 11 is 0. The molecule has 1 aliphatic carbocycles. The van der Waals surface area contributed by atoms with Gasteiger partial charge in [0.15, 0.2) is 0 Å². The van der Waals surface area contributed by atoms with Crippen molar-refractivity contribution in [3.63, 3.8) is 0 Å². The van der Waals surface area contributed by atoms with Crippen molar-refractivity contribution in [2.45, 2.75) is 37.7 Å². The number of carbonyl (C=O) groups is 1. The van der Waals surface area contributed by atoms with E-state index >= 15 is 0 Å². The van der Waals surface area contributed by atoms with E-state index in [0.717, 1.165) is 19.3 Å². The molecule has 0 spiro atoms. The van der Waals surface area contributed by atoms with Crippen LogP contribution in [0.2, 0.25) is 0 Å². The molecule has 0 heterocycles. The van der Waals surface area contributed by atoms with Crippen molar-refractivity contribution < 1.29 is 19.5 Å². The minimum atomic E-state index is -0.293. The lowest BCUT2D eigenvalue weighted by molar-refractivity contribution is -0.144. The van der Waals surface area contributed by atoms with Crippen LogP contribution in [-0.2, 0) is 14.3 Å². The Bertz CT molecular complexity index is 337. The van der Waals surface area contributed by atoms with E-state index in [2.05, 4.69) is 5.16 Å². The van der Waals surface area contributed by atoms with Crippen LogP contribution in [0.1, 0.15) is 32.1 Å². The van der Waals surface area contributed by atoms with Crippen molar-refractivity contribution in [1.29, 1.82) is 0 Å². The molecule has 1 fully saturated rings. The SMILES string of the molecule is COCCN(CCC(N)=NO)C(=O)CC1(OC)CCC1. The minimum absolute atomic E-state index is 0.0225. The number of methoxy groups -OCH3 is 2. The van der Waals surface area contributed by atoms with Gasteiger partial charge in [0.25, 0.3) is 0 Å². The van der Waals surface area contributed by atoms with Crippen molar-refractivity contribution in [1.82, 2.24) is 4.90 Å². The third-order valence-corrected chi connectivity index (χ3v) is 3.86. The molecule has 0 bridgehead atoms. The molecule has 7 heteroatoms. The Labute approximate surface area is 119 Å². The van der Waals surface area contributed by atoms with Gasteiger partial charge < -0.3 is 25.3 Å². The van der Waals surface area contributed by atoms with Gasteiger partial charge in [0, 0.05) is 33.7 Å². The molecular weight excluding hydrogens is 262 g/mol. The summed E-state index contributed by atoms with van der Waals surface area (Å²) in [7, 11) is 3.25. The number of hydrogen-bond acceptors (Lipinski definition) is 5. The van der Waals surface area contributed by atoms with Crippen LogP contribution in [0, 0.1) is 0 Å². The zero-order valence-corrected chi connectivity index (χ0v) is 12.3. The van der Waals surface area contributed by atoms with Crippen LogP contribution in [0.15, 0.2) is 5.16 Å². The molecule has 0 atom stereocenters. The van der Waals surface area contributed by atoms with E-state index in [4.69, 9.17) is 20.4 Å². The standard InChI is InChI=1S/C13H25N3O4/c1-19-9-8-16(7-4-11(14)15-18)12(17)10-13(20-2)5-3-6-13/h18H,3-10H2,1-2H3,(H2,14,15). The monoisotopic (exact) mass is 287 g/mol. The quantitative estimate of drug-likeness (QED) is 0.279. The molecule has 0 saturated heterocycles. The van der Waals surface area contributed by atoms with Gasteiger partial charge in [-0.1, -0.05) is 5.16 Å². The molecule has 1 amide bonds. The molecule has 7 nitrogen and oxygen atoms in total. The van der Waals surface area contributed by atoms with Crippen LogP contribution in [0.4, 0.5) is 0 Å². The van der Waals surface area contributed by atoms with Crippen molar-refractivity contribution in [2.24, 2.45) is 10.9 Å². The first-order chi connectivity index (χ1) is 9.56. The number of ether oxygens (including phenoxy) is 2. The average molecular weight is 287 g/mol. The molecule has 1 saturated carbocycles. The van der Waals surface area contributed by atoms with Gasteiger partial charge in [0.1, 0.15) is 5.84 Å². The van der Waals surface area contributed by atoms with Gasteiger partial charge in [-0.05, 0) is 19.3 Å². The van der Waals surface area contributed by atoms with E-state index in [0.29, 0.717) is 32.5 Å². The van der Waals surface area contributed by atoms with Crippen molar-refractivity contribution in [2.75, 3.05) is 33.9 Å². The second-order valence-electron chi connectivity index (χ2n) is 5.13. The van der Waals surface area contributed by atoms with Crippen LogP contribution in [-0.4, -0.2) is 61.4 Å². The van der Waals surface area contributed by atoms with Crippen molar-refractivity contribution in [3.05, 3.63) is 0 Å². The second kappa shape index (κ2) is 8.06. The van der Waals surface area contributed by atoms with E-state index in [9.17, 15) is 4.79 Å². The predicted octanol–water partition coefficient (Wildman–Crippen LogP) is 0.557. The molecule has 0 radical (unpaired) electrons. The van der Waals surface area contributed by atoms with Crippen LogP contribution in [0.5, 0.6) is 0 Å². The lowest BCUT2D eigenvalue weighted by atomic mass is 9.77. The molecule has 1 rings (SSSR count). The summed E-state index contributed by atoms with van der Waals surface area (Å²) in [5, 5.41) is 11.5. The molecule has 3 N–H and O–H groups in total. The highest BCUT2D eigenvalue weighted by atomic mass is 16.5. The number of nitrogens with zero attached hydrogens (tertiary/aromatic N) is 2. The summed E-state index contributed by atoms with van der Waals surface area (Å²) in [6, 6.07) is 0. The first kappa shape index (κ1) is 16.7. The summed E-state index contributed by atoms with van der Waals surface area (Å²) in [5.41, 5.74) is 5.15. The predicted molar refractivity (Wildman–Crippen MR) is 74.7 cm³/mol. The molecule has 0 aromatic heterocycles. The van der Waals surface area contributed by atoms with Gasteiger partial charge in [0.2, 0.25) is 5.91 Å². The zero-order chi connectivity index (χ0) is 15.0. The van der Waals surface area contributed by atoms with Crippen LogP contribution >= 0.6 is 0 Å². The highest BCUT2D eigenvalue weighted by Crippen LogP contribution is 2.38. The maximum Gasteiger partial charge on any atom is 0.225 e. The van der Waals surface area contributed by atoms with Crippen LogP contribution < -0.4 is 5.73 Å². The smallest absolute Gasteiger partial charge is 0.225 e. The van der Waals surface area contributed by atoms with E-state index in [1.54, 1.807) is 19.1 Å². The van der Waals surface area contributed by atoms with E-state index in [1.807, 2.05) is 0 Å². The fourth-order valence-electron chi connectivity index (χ4n) is 2.27. The lowest BCUT2D eigenvalue weighted by Gasteiger charge is -2.41. The Morgan fingerprint density at radius 3 is 2.55 bits per heavy atom. The third kappa shape index (κ3) is 4.64. The van der Waals surface area contributed by atoms with Gasteiger partial charge in [-0.25, -0.2) is 0 Å². The molecular formula is C13H25N3O4. The maximum absolute atomic E-state index is 12.4. The molecule has 116 valence electrons. The van der Waals surface area contributed by atoms with Gasteiger partial charge in [-0.3, -0.25) is 4.79 Å². The number of oxime groups is 1. The molecule has 0 unspecified atom stereocenters. The van der Waals surface area contributed by atoms with E-state index in [1.165, 1.54) is 0 Å². The molecule has 1 aliphatic rings. The Kier molecular flexibility index (Phi) is 6.74. The lowest BCUT2D eigenvalue weighted by Crippen LogP contribution is -2.46. The Hall–Kier alpha value is -1.34. The first-order valence-electron chi connectivity index (χ1n) is 6.85. The fourth-order valence-corrected chi connectivity index (χ4v) is 2.27. The molecule has 0 aromatic rings. The normalized spacial score (nSPS) is 17.6. The minimum Gasteiger partial charge on any atom is -0.409 e.